The van der Waals surface area contributed by atoms with Gasteiger partial charge in [-0.2, -0.15) is 0 Å². The van der Waals surface area contributed by atoms with Crippen LogP contribution in [0, 0.1) is 5.82 Å². The highest BCUT2D eigenvalue weighted by Gasteiger charge is 2.14. The third-order valence-corrected chi connectivity index (χ3v) is 3.57. The summed E-state index contributed by atoms with van der Waals surface area (Å²) in [4.78, 5) is 14.7. The van der Waals surface area contributed by atoms with E-state index in [4.69, 9.17) is 11.6 Å². The molecule has 1 aromatic heterocycles. The zero-order valence-electron chi connectivity index (χ0n) is 11.4. The molecule has 0 saturated heterocycles. The number of aromatic nitrogens is 2. The number of imidazole rings is 1. The molecule has 6 heteroatoms. The minimum Gasteiger partial charge on any atom is -0.493 e. The highest BCUT2D eigenvalue weighted by atomic mass is 35.5. The van der Waals surface area contributed by atoms with E-state index in [9.17, 15) is 14.3 Å². The molecule has 3 rings (SSSR count). The fourth-order valence-electron chi connectivity index (χ4n) is 2.23. The Morgan fingerprint density at radius 3 is 2.36 bits per heavy atom. The van der Waals surface area contributed by atoms with E-state index in [2.05, 4.69) is 4.98 Å². The van der Waals surface area contributed by atoms with Crippen molar-refractivity contribution in [2.45, 2.75) is 6.42 Å². The smallest absolute Gasteiger partial charge is 0.333 e. The molecule has 22 heavy (non-hydrogen) atoms. The fourth-order valence-corrected chi connectivity index (χ4v) is 2.36. The van der Waals surface area contributed by atoms with Gasteiger partial charge in [-0.15, -0.1) is 0 Å². The van der Waals surface area contributed by atoms with Crippen LogP contribution in [0.1, 0.15) is 11.3 Å². The molecular weight excluding hydrogens is 307 g/mol. The molecule has 4 nitrogen and oxygen atoms in total. The number of aromatic hydroxyl groups is 1. The van der Waals surface area contributed by atoms with Gasteiger partial charge in [-0.05, 0) is 42.0 Å². The first-order valence-electron chi connectivity index (χ1n) is 6.58. The van der Waals surface area contributed by atoms with Gasteiger partial charge in [0, 0.05) is 11.4 Å². The summed E-state index contributed by atoms with van der Waals surface area (Å²) in [7, 11) is 0. The molecule has 0 spiro atoms. The number of halogens is 2. The number of nitrogens with one attached hydrogen (secondary N) is 1. The summed E-state index contributed by atoms with van der Waals surface area (Å²) >= 11 is 5.82. The van der Waals surface area contributed by atoms with Crippen LogP contribution >= 0.6 is 11.6 Å². The SMILES string of the molecule is O=c1[nH]c(Cc2ccc(F)cc2)c(O)n1-c1ccc(Cl)cc1. The van der Waals surface area contributed by atoms with Crippen LogP contribution < -0.4 is 5.69 Å². The van der Waals surface area contributed by atoms with Crippen LogP contribution in [0.15, 0.2) is 53.3 Å². The molecule has 0 amide bonds. The summed E-state index contributed by atoms with van der Waals surface area (Å²) in [5, 5.41) is 10.8. The number of benzene rings is 2. The lowest BCUT2D eigenvalue weighted by atomic mass is 10.1. The Hall–Kier alpha value is -2.53. The summed E-state index contributed by atoms with van der Waals surface area (Å²) in [5.41, 5.74) is 1.21. The minimum atomic E-state index is -0.447. The molecular formula is C16H12ClFN2O2. The normalized spacial score (nSPS) is 10.8. The Bertz CT molecular complexity index is 851. The second-order valence-electron chi connectivity index (χ2n) is 4.85. The van der Waals surface area contributed by atoms with Gasteiger partial charge >= 0.3 is 5.69 Å². The number of hydrogen-bond acceptors (Lipinski definition) is 2. The molecule has 0 saturated carbocycles. The lowest BCUT2D eigenvalue weighted by molar-refractivity contribution is 0.435. The summed E-state index contributed by atoms with van der Waals surface area (Å²) in [6, 6.07) is 12.4. The quantitative estimate of drug-likeness (QED) is 0.779. The maximum Gasteiger partial charge on any atom is 0.333 e. The monoisotopic (exact) mass is 318 g/mol. The van der Waals surface area contributed by atoms with Crippen molar-refractivity contribution in [1.29, 1.82) is 0 Å². The summed E-state index contributed by atoms with van der Waals surface area (Å²) in [5.74, 6) is -0.503. The van der Waals surface area contributed by atoms with Gasteiger partial charge in [0.15, 0.2) is 0 Å². The second kappa shape index (κ2) is 5.69. The maximum atomic E-state index is 12.9. The molecule has 2 N–H and O–H groups in total. The maximum absolute atomic E-state index is 12.9. The van der Waals surface area contributed by atoms with Crippen LogP contribution in [0.5, 0.6) is 5.88 Å². The van der Waals surface area contributed by atoms with Crippen LogP contribution in [0.4, 0.5) is 4.39 Å². The lowest BCUT2D eigenvalue weighted by Gasteiger charge is -2.04. The first-order valence-corrected chi connectivity index (χ1v) is 6.95. The molecule has 112 valence electrons. The summed E-state index contributed by atoms with van der Waals surface area (Å²) < 4.78 is 14.1. The van der Waals surface area contributed by atoms with Gasteiger partial charge in [-0.25, -0.2) is 13.8 Å². The van der Waals surface area contributed by atoms with Crippen LogP contribution in [0.25, 0.3) is 5.69 Å². The standard InChI is InChI=1S/C16H12ClFN2O2/c17-11-3-7-13(8-4-11)20-15(21)14(19-16(20)22)9-10-1-5-12(18)6-2-10/h1-8,21H,9H2,(H,19,22). The van der Waals surface area contributed by atoms with E-state index in [1.165, 1.54) is 12.1 Å². The number of hydrogen-bond donors (Lipinski definition) is 2. The lowest BCUT2D eigenvalue weighted by Crippen LogP contribution is -2.14. The minimum absolute atomic E-state index is 0.170. The Morgan fingerprint density at radius 1 is 1.09 bits per heavy atom. The molecule has 0 unspecified atom stereocenters. The third kappa shape index (κ3) is 2.76. The van der Waals surface area contributed by atoms with Crippen LogP contribution in [0.2, 0.25) is 5.02 Å². The first kappa shape index (κ1) is 14.4. The molecule has 0 fully saturated rings. The topological polar surface area (TPSA) is 58.0 Å². The summed E-state index contributed by atoms with van der Waals surface area (Å²) in [6.07, 6.45) is 0.294. The molecule has 1 heterocycles. The average molecular weight is 319 g/mol. The Morgan fingerprint density at radius 2 is 1.73 bits per heavy atom. The molecule has 0 atom stereocenters. The van der Waals surface area contributed by atoms with E-state index in [1.807, 2.05) is 0 Å². The molecule has 0 aliphatic rings. The van der Waals surface area contributed by atoms with Gasteiger partial charge in [-0.3, -0.25) is 0 Å². The Kier molecular flexibility index (Phi) is 3.73. The van der Waals surface area contributed by atoms with Gasteiger partial charge in [-0.1, -0.05) is 23.7 Å². The van der Waals surface area contributed by atoms with Crippen molar-refractivity contribution in [3.63, 3.8) is 0 Å². The highest BCUT2D eigenvalue weighted by molar-refractivity contribution is 6.30. The van der Waals surface area contributed by atoms with E-state index in [1.54, 1.807) is 36.4 Å². The fraction of sp³-hybridized carbons (Fsp3) is 0.0625. The van der Waals surface area contributed by atoms with E-state index < -0.39 is 5.69 Å². The van der Waals surface area contributed by atoms with Crippen LogP contribution in [-0.2, 0) is 6.42 Å². The molecule has 3 aromatic rings. The molecule has 0 radical (unpaired) electrons. The van der Waals surface area contributed by atoms with E-state index in [0.29, 0.717) is 22.8 Å². The van der Waals surface area contributed by atoms with E-state index in [0.717, 1.165) is 10.1 Å². The van der Waals surface area contributed by atoms with Gasteiger partial charge in [0.05, 0.1) is 11.4 Å². The number of aromatic amines is 1. The predicted molar refractivity (Wildman–Crippen MR) is 82.3 cm³/mol. The molecule has 0 bridgehead atoms. The van der Waals surface area contributed by atoms with Gasteiger partial charge in [0.25, 0.3) is 0 Å². The van der Waals surface area contributed by atoms with Crippen LogP contribution in [0.3, 0.4) is 0 Å². The average Bonchev–Trinajstić information content (AvgIpc) is 2.77. The zero-order chi connectivity index (χ0) is 15.7. The summed E-state index contributed by atoms with van der Waals surface area (Å²) in [6.45, 7) is 0. The van der Waals surface area contributed by atoms with Crippen molar-refractivity contribution >= 4 is 11.6 Å². The Labute approximate surface area is 130 Å². The van der Waals surface area contributed by atoms with Crippen molar-refractivity contribution in [3.8, 4) is 11.6 Å². The van der Waals surface area contributed by atoms with Crippen molar-refractivity contribution in [3.05, 3.63) is 81.1 Å². The third-order valence-electron chi connectivity index (χ3n) is 3.32. The van der Waals surface area contributed by atoms with Gasteiger partial charge in [0.1, 0.15) is 5.82 Å². The van der Waals surface area contributed by atoms with Crippen molar-refractivity contribution < 1.29 is 9.50 Å². The van der Waals surface area contributed by atoms with Gasteiger partial charge < -0.3 is 10.1 Å². The predicted octanol–water partition coefficient (Wildman–Crippen LogP) is 3.25. The Balaban J connectivity index is 1.98. The second-order valence-corrected chi connectivity index (χ2v) is 5.28. The highest BCUT2D eigenvalue weighted by Crippen LogP contribution is 2.22. The zero-order valence-corrected chi connectivity index (χ0v) is 12.1. The largest absolute Gasteiger partial charge is 0.493 e. The molecule has 2 aromatic carbocycles. The van der Waals surface area contributed by atoms with Crippen molar-refractivity contribution in [2.75, 3.05) is 0 Å². The van der Waals surface area contributed by atoms with Gasteiger partial charge in [0.2, 0.25) is 5.88 Å². The molecule has 0 aliphatic heterocycles. The van der Waals surface area contributed by atoms with Crippen molar-refractivity contribution in [1.82, 2.24) is 9.55 Å². The molecule has 0 aliphatic carbocycles. The van der Waals surface area contributed by atoms with E-state index >= 15 is 0 Å². The first-order chi connectivity index (χ1) is 10.5. The number of H-pyrrole nitrogens is 1. The van der Waals surface area contributed by atoms with Crippen molar-refractivity contribution in [2.24, 2.45) is 0 Å². The number of rotatable bonds is 3. The van der Waals surface area contributed by atoms with E-state index in [-0.39, 0.29) is 11.7 Å². The number of nitrogens with zero attached hydrogens (tertiary/aromatic N) is 1. The van der Waals surface area contributed by atoms with Crippen LogP contribution in [-0.4, -0.2) is 14.7 Å².